The molecular formula is C11H20N2O3. The van der Waals surface area contributed by atoms with E-state index < -0.39 is 17.4 Å². The van der Waals surface area contributed by atoms with E-state index in [9.17, 15) is 14.7 Å². The van der Waals surface area contributed by atoms with E-state index in [1.165, 1.54) is 18.7 Å². The molecule has 1 aliphatic rings. The first-order chi connectivity index (χ1) is 7.32. The molecule has 92 valence electrons. The second kappa shape index (κ2) is 4.82. The molecule has 0 heterocycles. The van der Waals surface area contributed by atoms with Crippen molar-refractivity contribution in [3.63, 3.8) is 0 Å². The monoisotopic (exact) mass is 228 g/mol. The highest BCUT2D eigenvalue weighted by atomic mass is 16.3. The van der Waals surface area contributed by atoms with Gasteiger partial charge in [-0.05, 0) is 26.7 Å². The van der Waals surface area contributed by atoms with E-state index >= 15 is 0 Å². The summed E-state index contributed by atoms with van der Waals surface area (Å²) in [4.78, 5) is 24.3. The standard InChI is InChI=1S/C11H20N2O3/c1-11(2,16)10(15)13(7-9(12)14)8-5-3-4-6-8/h8,16H,3-7H2,1-2H3,(H2,12,14). The minimum absolute atomic E-state index is 0.0476. The van der Waals surface area contributed by atoms with Gasteiger partial charge in [-0.3, -0.25) is 9.59 Å². The van der Waals surface area contributed by atoms with E-state index in [1.54, 1.807) is 0 Å². The van der Waals surface area contributed by atoms with Crippen LogP contribution in [-0.2, 0) is 9.59 Å². The predicted molar refractivity (Wildman–Crippen MR) is 59.5 cm³/mol. The van der Waals surface area contributed by atoms with Crippen molar-refractivity contribution in [1.82, 2.24) is 4.90 Å². The number of carbonyl (C=O) groups excluding carboxylic acids is 2. The number of primary amides is 1. The molecule has 3 N–H and O–H groups in total. The van der Waals surface area contributed by atoms with Crippen LogP contribution in [0.25, 0.3) is 0 Å². The maximum Gasteiger partial charge on any atom is 0.254 e. The highest BCUT2D eigenvalue weighted by Crippen LogP contribution is 2.25. The zero-order chi connectivity index (χ0) is 12.3. The maximum atomic E-state index is 12.0. The molecule has 2 amide bonds. The molecule has 1 aliphatic carbocycles. The van der Waals surface area contributed by atoms with Gasteiger partial charge in [0.2, 0.25) is 5.91 Å². The van der Waals surface area contributed by atoms with Gasteiger partial charge in [0.05, 0.1) is 6.54 Å². The van der Waals surface area contributed by atoms with Crippen LogP contribution in [0.3, 0.4) is 0 Å². The van der Waals surface area contributed by atoms with Crippen molar-refractivity contribution in [2.75, 3.05) is 6.54 Å². The molecule has 0 radical (unpaired) electrons. The largest absolute Gasteiger partial charge is 0.381 e. The zero-order valence-electron chi connectivity index (χ0n) is 9.90. The molecule has 0 spiro atoms. The van der Waals surface area contributed by atoms with E-state index in [-0.39, 0.29) is 12.6 Å². The molecule has 0 aromatic heterocycles. The molecule has 1 rings (SSSR count). The van der Waals surface area contributed by atoms with Crippen LogP contribution in [0.15, 0.2) is 0 Å². The summed E-state index contributed by atoms with van der Waals surface area (Å²) < 4.78 is 0. The van der Waals surface area contributed by atoms with Crippen molar-refractivity contribution in [1.29, 1.82) is 0 Å². The summed E-state index contributed by atoms with van der Waals surface area (Å²) in [5.74, 6) is -0.956. The SMILES string of the molecule is CC(C)(O)C(=O)N(CC(N)=O)C1CCCC1. The van der Waals surface area contributed by atoms with Gasteiger partial charge in [0.25, 0.3) is 5.91 Å². The Balaban J connectivity index is 2.77. The molecular weight excluding hydrogens is 208 g/mol. The van der Waals surface area contributed by atoms with Gasteiger partial charge in [-0.1, -0.05) is 12.8 Å². The Morgan fingerprint density at radius 1 is 1.38 bits per heavy atom. The number of carbonyl (C=O) groups is 2. The molecule has 5 heteroatoms. The molecule has 0 unspecified atom stereocenters. The lowest BCUT2D eigenvalue weighted by Crippen LogP contribution is -2.52. The number of nitrogens with zero attached hydrogens (tertiary/aromatic N) is 1. The average Bonchev–Trinajstić information content (AvgIpc) is 2.63. The third-order valence-electron chi connectivity index (χ3n) is 2.88. The van der Waals surface area contributed by atoms with Gasteiger partial charge in [-0.15, -0.1) is 0 Å². The summed E-state index contributed by atoms with van der Waals surface area (Å²) in [6.07, 6.45) is 3.88. The van der Waals surface area contributed by atoms with E-state index in [0.29, 0.717) is 0 Å². The van der Waals surface area contributed by atoms with Crippen molar-refractivity contribution in [2.24, 2.45) is 5.73 Å². The molecule has 0 bridgehead atoms. The fraction of sp³-hybridized carbons (Fsp3) is 0.818. The van der Waals surface area contributed by atoms with Crippen LogP contribution < -0.4 is 5.73 Å². The molecule has 5 nitrogen and oxygen atoms in total. The fourth-order valence-corrected chi connectivity index (χ4v) is 2.10. The Morgan fingerprint density at radius 2 is 1.88 bits per heavy atom. The van der Waals surface area contributed by atoms with Gasteiger partial charge in [0, 0.05) is 6.04 Å². The number of amides is 2. The van der Waals surface area contributed by atoms with E-state index in [1.807, 2.05) is 0 Å². The number of hydrogen-bond donors (Lipinski definition) is 2. The van der Waals surface area contributed by atoms with Crippen molar-refractivity contribution in [3.8, 4) is 0 Å². The molecule has 16 heavy (non-hydrogen) atoms. The number of nitrogens with two attached hydrogens (primary N) is 1. The first-order valence-electron chi connectivity index (χ1n) is 5.64. The Bertz CT molecular complexity index is 277. The van der Waals surface area contributed by atoms with Crippen LogP contribution in [0.4, 0.5) is 0 Å². The van der Waals surface area contributed by atoms with Crippen LogP contribution in [0.2, 0.25) is 0 Å². The molecule has 0 saturated heterocycles. The molecule has 0 aromatic rings. The van der Waals surface area contributed by atoms with Gasteiger partial charge < -0.3 is 15.7 Å². The zero-order valence-corrected chi connectivity index (χ0v) is 9.90. The summed E-state index contributed by atoms with van der Waals surface area (Å²) >= 11 is 0. The first-order valence-corrected chi connectivity index (χ1v) is 5.64. The van der Waals surface area contributed by atoms with Gasteiger partial charge in [-0.25, -0.2) is 0 Å². The smallest absolute Gasteiger partial charge is 0.254 e. The number of rotatable bonds is 4. The van der Waals surface area contributed by atoms with Crippen LogP contribution in [-0.4, -0.2) is 40.0 Å². The highest BCUT2D eigenvalue weighted by molar-refractivity contribution is 5.88. The van der Waals surface area contributed by atoms with E-state index in [2.05, 4.69) is 0 Å². The highest BCUT2D eigenvalue weighted by Gasteiger charge is 2.35. The third kappa shape index (κ3) is 3.20. The summed E-state index contributed by atoms with van der Waals surface area (Å²) in [6, 6.07) is 0.0476. The molecule has 0 aromatic carbocycles. The fourth-order valence-electron chi connectivity index (χ4n) is 2.10. The van der Waals surface area contributed by atoms with Gasteiger partial charge >= 0.3 is 0 Å². The second-order valence-electron chi connectivity index (χ2n) is 4.90. The number of hydrogen-bond acceptors (Lipinski definition) is 3. The van der Waals surface area contributed by atoms with Crippen molar-refractivity contribution >= 4 is 11.8 Å². The van der Waals surface area contributed by atoms with Gasteiger partial charge in [-0.2, -0.15) is 0 Å². The van der Waals surface area contributed by atoms with Crippen molar-refractivity contribution in [2.45, 2.75) is 51.2 Å². The van der Waals surface area contributed by atoms with E-state index in [4.69, 9.17) is 5.73 Å². The van der Waals surface area contributed by atoms with Crippen LogP contribution >= 0.6 is 0 Å². The molecule has 1 saturated carbocycles. The minimum atomic E-state index is -1.45. The van der Waals surface area contributed by atoms with Crippen molar-refractivity contribution < 1.29 is 14.7 Å². The van der Waals surface area contributed by atoms with Crippen molar-refractivity contribution in [3.05, 3.63) is 0 Å². The lowest BCUT2D eigenvalue weighted by atomic mass is 10.1. The lowest BCUT2D eigenvalue weighted by Gasteiger charge is -2.32. The van der Waals surface area contributed by atoms with Crippen LogP contribution in [0, 0.1) is 0 Å². The topological polar surface area (TPSA) is 83.6 Å². The summed E-state index contributed by atoms with van der Waals surface area (Å²) in [5.41, 5.74) is 3.68. The summed E-state index contributed by atoms with van der Waals surface area (Å²) in [5, 5.41) is 9.69. The molecule has 0 aliphatic heterocycles. The summed E-state index contributed by atoms with van der Waals surface area (Å²) in [7, 11) is 0. The van der Waals surface area contributed by atoms with E-state index in [0.717, 1.165) is 25.7 Å². The maximum absolute atomic E-state index is 12.0. The van der Waals surface area contributed by atoms with Crippen LogP contribution in [0.1, 0.15) is 39.5 Å². The minimum Gasteiger partial charge on any atom is -0.381 e. The second-order valence-corrected chi connectivity index (χ2v) is 4.90. The van der Waals surface area contributed by atoms with Gasteiger partial charge in [0.1, 0.15) is 5.60 Å². The first kappa shape index (κ1) is 13.0. The Labute approximate surface area is 95.6 Å². The lowest BCUT2D eigenvalue weighted by molar-refractivity contribution is -0.152. The molecule has 1 fully saturated rings. The third-order valence-corrected chi connectivity index (χ3v) is 2.88. The average molecular weight is 228 g/mol. The Morgan fingerprint density at radius 3 is 2.25 bits per heavy atom. The normalized spacial score (nSPS) is 17.4. The predicted octanol–water partition coefficient (Wildman–Crippen LogP) is 0.0138. The number of aliphatic hydroxyl groups is 1. The molecule has 0 atom stereocenters. The Kier molecular flexibility index (Phi) is 3.91. The van der Waals surface area contributed by atoms with Crippen LogP contribution in [0.5, 0.6) is 0 Å². The Hall–Kier alpha value is -1.10. The summed E-state index contributed by atoms with van der Waals surface area (Å²) in [6.45, 7) is 2.75. The van der Waals surface area contributed by atoms with Gasteiger partial charge in [0.15, 0.2) is 0 Å². The quantitative estimate of drug-likeness (QED) is 0.711.